The van der Waals surface area contributed by atoms with Crippen LogP contribution in [-0.2, 0) is 10.0 Å². The Hall–Kier alpha value is -2.07. The molecule has 0 aliphatic heterocycles. The lowest BCUT2D eigenvalue weighted by atomic mass is 10.1. The van der Waals surface area contributed by atoms with Gasteiger partial charge in [-0.05, 0) is 37.1 Å². The minimum absolute atomic E-state index is 0.264. The average Bonchev–Trinajstić information content (AvgIpc) is 2.46. The van der Waals surface area contributed by atoms with Crippen LogP contribution in [0, 0.1) is 6.92 Å². The van der Waals surface area contributed by atoms with Gasteiger partial charge in [0.05, 0.1) is 4.90 Å². The molecule has 0 saturated carbocycles. The van der Waals surface area contributed by atoms with Crippen molar-refractivity contribution < 1.29 is 8.42 Å². The SMILES string of the molecule is C/C(=C/NS(=O)(=O)c1ccc(C)cc1)c1ccccc1. The monoisotopic (exact) mass is 287 g/mol. The minimum atomic E-state index is -3.51. The first-order valence-corrected chi connectivity index (χ1v) is 7.78. The van der Waals surface area contributed by atoms with E-state index in [1.165, 1.54) is 6.20 Å². The van der Waals surface area contributed by atoms with Crippen molar-refractivity contribution in [1.29, 1.82) is 0 Å². The van der Waals surface area contributed by atoms with E-state index in [0.717, 1.165) is 16.7 Å². The number of sulfonamides is 1. The molecule has 0 saturated heterocycles. The van der Waals surface area contributed by atoms with Crippen LogP contribution in [0.1, 0.15) is 18.1 Å². The molecule has 0 unspecified atom stereocenters. The highest BCUT2D eigenvalue weighted by Crippen LogP contribution is 2.14. The largest absolute Gasteiger partial charge is 0.286 e. The van der Waals surface area contributed by atoms with Crippen LogP contribution in [-0.4, -0.2) is 8.42 Å². The van der Waals surface area contributed by atoms with Gasteiger partial charge in [0.15, 0.2) is 0 Å². The first kappa shape index (κ1) is 14.3. The smallest absolute Gasteiger partial charge is 0.261 e. The van der Waals surface area contributed by atoms with Crippen LogP contribution >= 0.6 is 0 Å². The Morgan fingerprint density at radius 1 is 1.00 bits per heavy atom. The lowest BCUT2D eigenvalue weighted by Crippen LogP contribution is -2.18. The van der Waals surface area contributed by atoms with Crippen LogP contribution in [0.15, 0.2) is 65.7 Å². The van der Waals surface area contributed by atoms with E-state index in [-0.39, 0.29) is 4.90 Å². The quantitative estimate of drug-likeness (QED) is 0.937. The maximum absolute atomic E-state index is 12.1. The van der Waals surface area contributed by atoms with Gasteiger partial charge in [0.1, 0.15) is 0 Å². The minimum Gasteiger partial charge on any atom is -0.286 e. The standard InChI is InChI=1S/C16H17NO2S/c1-13-8-10-16(11-9-13)20(18,19)17-12-14(2)15-6-4-3-5-7-15/h3-12,17H,1-2H3/b14-12-. The van der Waals surface area contributed by atoms with Gasteiger partial charge in [-0.2, -0.15) is 0 Å². The molecule has 0 fully saturated rings. The van der Waals surface area contributed by atoms with Crippen LogP contribution < -0.4 is 4.72 Å². The fraction of sp³-hybridized carbons (Fsp3) is 0.125. The predicted octanol–water partition coefficient (Wildman–Crippen LogP) is 3.33. The molecule has 0 atom stereocenters. The van der Waals surface area contributed by atoms with Crippen LogP contribution in [0.5, 0.6) is 0 Å². The number of aryl methyl sites for hydroxylation is 1. The molecule has 2 aromatic carbocycles. The van der Waals surface area contributed by atoms with Crippen LogP contribution in [0.2, 0.25) is 0 Å². The number of benzene rings is 2. The molecule has 2 aromatic rings. The summed E-state index contributed by atoms with van der Waals surface area (Å²) < 4.78 is 26.8. The van der Waals surface area contributed by atoms with Gasteiger partial charge in [0.2, 0.25) is 0 Å². The second-order valence-corrected chi connectivity index (χ2v) is 6.34. The van der Waals surface area contributed by atoms with Gasteiger partial charge in [-0.3, -0.25) is 4.72 Å². The van der Waals surface area contributed by atoms with E-state index in [2.05, 4.69) is 4.72 Å². The number of hydrogen-bond donors (Lipinski definition) is 1. The van der Waals surface area contributed by atoms with Crippen molar-refractivity contribution >= 4 is 15.6 Å². The zero-order valence-corrected chi connectivity index (χ0v) is 12.3. The summed E-state index contributed by atoms with van der Waals surface area (Å²) in [5.41, 5.74) is 2.88. The maximum Gasteiger partial charge on any atom is 0.261 e. The van der Waals surface area contributed by atoms with Gasteiger partial charge in [0, 0.05) is 6.20 Å². The Bertz CT molecular complexity index is 702. The molecule has 0 heterocycles. The Labute approximate surface area is 120 Å². The summed E-state index contributed by atoms with van der Waals surface area (Å²) in [4.78, 5) is 0.264. The molecule has 0 bridgehead atoms. The number of rotatable bonds is 4. The number of allylic oxidation sites excluding steroid dienone is 1. The highest BCUT2D eigenvalue weighted by molar-refractivity contribution is 7.89. The topological polar surface area (TPSA) is 46.2 Å². The number of hydrogen-bond acceptors (Lipinski definition) is 2. The van der Waals surface area contributed by atoms with E-state index in [0.29, 0.717) is 0 Å². The first-order chi connectivity index (χ1) is 9.49. The van der Waals surface area contributed by atoms with Crippen molar-refractivity contribution in [3.63, 3.8) is 0 Å². The molecule has 1 N–H and O–H groups in total. The van der Waals surface area contributed by atoms with Gasteiger partial charge in [-0.15, -0.1) is 0 Å². The van der Waals surface area contributed by atoms with E-state index in [9.17, 15) is 8.42 Å². The molecule has 104 valence electrons. The molecule has 0 aliphatic rings. The first-order valence-electron chi connectivity index (χ1n) is 6.30. The molecular weight excluding hydrogens is 270 g/mol. The third kappa shape index (κ3) is 3.48. The maximum atomic E-state index is 12.1. The molecule has 4 heteroatoms. The van der Waals surface area contributed by atoms with Crippen molar-refractivity contribution in [3.05, 3.63) is 71.9 Å². The second-order valence-electron chi connectivity index (χ2n) is 4.63. The highest BCUT2D eigenvalue weighted by atomic mass is 32.2. The molecule has 20 heavy (non-hydrogen) atoms. The third-order valence-corrected chi connectivity index (χ3v) is 4.31. The Morgan fingerprint density at radius 3 is 2.20 bits per heavy atom. The average molecular weight is 287 g/mol. The molecule has 0 aliphatic carbocycles. The van der Waals surface area contributed by atoms with Crippen molar-refractivity contribution in [2.45, 2.75) is 18.7 Å². The van der Waals surface area contributed by atoms with E-state index >= 15 is 0 Å². The normalized spacial score (nSPS) is 12.2. The molecule has 2 rings (SSSR count). The van der Waals surface area contributed by atoms with Crippen molar-refractivity contribution in [1.82, 2.24) is 4.72 Å². The van der Waals surface area contributed by atoms with E-state index < -0.39 is 10.0 Å². The van der Waals surface area contributed by atoms with Gasteiger partial charge >= 0.3 is 0 Å². The summed E-state index contributed by atoms with van der Waals surface area (Å²) in [7, 11) is -3.51. The fourth-order valence-electron chi connectivity index (χ4n) is 1.74. The van der Waals surface area contributed by atoms with Gasteiger partial charge < -0.3 is 0 Å². The highest BCUT2D eigenvalue weighted by Gasteiger charge is 2.11. The lowest BCUT2D eigenvalue weighted by molar-refractivity contribution is 0.590. The summed E-state index contributed by atoms with van der Waals surface area (Å²) >= 11 is 0. The third-order valence-electron chi connectivity index (χ3n) is 2.99. The molecule has 0 amide bonds. The summed E-state index contributed by atoms with van der Waals surface area (Å²) in [6.45, 7) is 3.79. The fourth-order valence-corrected chi connectivity index (χ4v) is 2.70. The van der Waals surface area contributed by atoms with E-state index in [1.807, 2.05) is 44.2 Å². The second kappa shape index (κ2) is 5.92. The Balaban J connectivity index is 2.19. The summed E-state index contributed by atoms with van der Waals surface area (Å²) in [5, 5.41) is 0. The van der Waals surface area contributed by atoms with Crippen molar-refractivity contribution in [2.24, 2.45) is 0 Å². The lowest BCUT2D eigenvalue weighted by Gasteiger charge is -2.06. The van der Waals surface area contributed by atoms with Crippen molar-refractivity contribution in [2.75, 3.05) is 0 Å². The zero-order chi connectivity index (χ0) is 14.6. The molecular formula is C16H17NO2S. The predicted molar refractivity (Wildman–Crippen MR) is 81.6 cm³/mol. The summed E-state index contributed by atoms with van der Waals surface area (Å²) in [5.74, 6) is 0. The van der Waals surface area contributed by atoms with E-state index in [4.69, 9.17) is 0 Å². The van der Waals surface area contributed by atoms with Crippen LogP contribution in [0.4, 0.5) is 0 Å². The van der Waals surface area contributed by atoms with Gasteiger partial charge in [-0.25, -0.2) is 8.42 Å². The van der Waals surface area contributed by atoms with Gasteiger partial charge in [-0.1, -0.05) is 48.0 Å². The van der Waals surface area contributed by atoms with E-state index in [1.54, 1.807) is 24.3 Å². The molecule has 0 radical (unpaired) electrons. The Kier molecular flexibility index (Phi) is 4.25. The van der Waals surface area contributed by atoms with Gasteiger partial charge in [0.25, 0.3) is 10.0 Å². The Morgan fingerprint density at radius 2 is 1.60 bits per heavy atom. The molecule has 0 aromatic heterocycles. The molecule has 0 spiro atoms. The summed E-state index contributed by atoms with van der Waals surface area (Å²) in [6.07, 6.45) is 1.52. The summed E-state index contributed by atoms with van der Waals surface area (Å²) in [6, 6.07) is 16.4. The van der Waals surface area contributed by atoms with Crippen LogP contribution in [0.25, 0.3) is 5.57 Å². The number of nitrogens with one attached hydrogen (secondary N) is 1. The zero-order valence-electron chi connectivity index (χ0n) is 11.5. The molecule has 3 nitrogen and oxygen atoms in total. The van der Waals surface area contributed by atoms with Crippen LogP contribution in [0.3, 0.4) is 0 Å². The van der Waals surface area contributed by atoms with Crippen molar-refractivity contribution in [3.8, 4) is 0 Å².